The smallest absolute Gasteiger partial charge is 0.407 e. The van der Waals surface area contributed by atoms with Gasteiger partial charge in [-0.25, -0.2) is 4.79 Å². The average Bonchev–Trinajstić information content (AvgIpc) is 3.49. The number of ether oxygens (including phenoxy) is 1. The molecular formula is C25H28ClN4O3+. The van der Waals surface area contributed by atoms with E-state index >= 15 is 0 Å². The first-order valence-electron chi connectivity index (χ1n) is 11.0. The van der Waals surface area contributed by atoms with Crippen molar-refractivity contribution >= 4 is 29.3 Å². The molecule has 7 nitrogen and oxygen atoms in total. The van der Waals surface area contributed by atoms with E-state index in [-0.39, 0.29) is 22.5 Å². The number of halogens is 1. The third-order valence-corrected chi connectivity index (χ3v) is 7.33. The van der Waals surface area contributed by atoms with Crippen molar-refractivity contribution in [3.63, 3.8) is 0 Å². The maximum atomic E-state index is 12.3. The van der Waals surface area contributed by atoms with Crippen molar-refractivity contribution in [1.29, 1.82) is 5.26 Å². The molecule has 2 amide bonds. The van der Waals surface area contributed by atoms with Crippen molar-refractivity contribution in [2.45, 2.75) is 37.8 Å². The van der Waals surface area contributed by atoms with Crippen LogP contribution in [-0.2, 0) is 15.1 Å². The topological polar surface area (TPSA) is 105 Å². The fraction of sp³-hybridized carbons (Fsp3) is 0.400. The number of nitrogens with two attached hydrogens (primary N) is 1. The first kappa shape index (κ1) is 23.1. The number of amides is 2. The molecule has 0 aromatic heterocycles. The number of alkyl carbamates (subject to hydrolysis) is 1. The lowest BCUT2D eigenvalue weighted by atomic mass is 9.98. The van der Waals surface area contributed by atoms with Crippen LogP contribution in [0, 0.1) is 17.2 Å². The Kier molecular flexibility index (Phi) is 6.08. The van der Waals surface area contributed by atoms with Crippen molar-refractivity contribution in [2.75, 3.05) is 20.2 Å². The second kappa shape index (κ2) is 8.69. The van der Waals surface area contributed by atoms with Gasteiger partial charge in [0.1, 0.15) is 11.1 Å². The van der Waals surface area contributed by atoms with Gasteiger partial charge in [0, 0.05) is 18.4 Å². The van der Waals surface area contributed by atoms with Crippen LogP contribution < -0.4 is 15.5 Å². The van der Waals surface area contributed by atoms with Crippen molar-refractivity contribution in [1.82, 2.24) is 9.80 Å². The Morgan fingerprint density at radius 2 is 1.91 bits per heavy atom. The van der Waals surface area contributed by atoms with Crippen LogP contribution in [0.15, 0.2) is 42.5 Å². The van der Waals surface area contributed by atoms with E-state index in [9.17, 15) is 14.9 Å². The summed E-state index contributed by atoms with van der Waals surface area (Å²) in [4.78, 5) is 24.0. The standard InChI is InChI=1S/C25H27ClN4O3/c1-16-13-22(23(28)31)30(15-16,12-11-27)21-14-18(5-8-20(21)26)17-3-6-19(7-4-17)25(9-10-25)29-24(32)33-2/h3-8,14,16,22H,9-10,12-13,15H2,1-2H3,(H2-,28,29,31,32)/p+1/t16-,22-,30?/m0/s1. The van der Waals surface area contributed by atoms with Gasteiger partial charge in [0.2, 0.25) is 0 Å². The predicted octanol–water partition coefficient (Wildman–Crippen LogP) is 4.08. The lowest BCUT2D eigenvalue weighted by Crippen LogP contribution is -2.58. The molecule has 1 heterocycles. The molecule has 2 aliphatic rings. The Morgan fingerprint density at radius 3 is 2.48 bits per heavy atom. The monoisotopic (exact) mass is 467 g/mol. The third-order valence-electron chi connectivity index (χ3n) is 7.01. The molecule has 2 aromatic rings. The van der Waals surface area contributed by atoms with Crippen LogP contribution in [0.4, 0.5) is 10.5 Å². The number of benzene rings is 2. The zero-order chi connectivity index (χ0) is 23.8. The highest BCUT2D eigenvalue weighted by Gasteiger charge is 2.51. The van der Waals surface area contributed by atoms with E-state index in [4.69, 9.17) is 22.1 Å². The number of hydrogen-bond donors (Lipinski definition) is 2. The molecular weight excluding hydrogens is 440 g/mol. The number of primary amides is 1. The summed E-state index contributed by atoms with van der Waals surface area (Å²) in [6, 6.07) is 15.5. The number of carbonyl (C=O) groups is 2. The van der Waals surface area contributed by atoms with Gasteiger partial charge in [-0.05, 0) is 35.6 Å². The third kappa shape index (κ3) is 4.17. The van der Waals surface area contributed by atoms with Gasteiger partial charge in [0.25, 0.3) is 5.91 Å². The molecule has 2 fully saturated rings. The molecule has 3 atom stereocenters. The number of quaternary nitrogens is 1. The van der Waals surface area contributed by atoms with Crippen LogP contribution in [0.3, 0.4) is 0 Å². The number of carbonyl (C=O) groups excluding carboxylic acids is 2. The Hall–Kier alpha value is -3.08. The summed E-state index contributed by atoms with van der Waals surface area (Å²) in [5.41, 5.74) is 9.09. The van der Waals surface area contributed by atoms with Gasteiger partial charge in [0.05, 0.1) is 19.2 Å². The van der Waals surface area contributed by atoms with Gasteiger partial charge in [0.15, 0.2) is 18.3 Å². The lowest BCUT2D eigenvalue weighted by Gasteiger charge is -2.37. The number of rotatable bonds is 6. The van der Waals surface area contributed by atoms with Gasteiger partial charge in [-0.1, -0.05) is 48.9 Å². The molecule has 0 radical (unpaired) electrons. The van der Waals surface area contributed by atoms with Crippen LogP contribution in [0.1, 0.15) is 31.7 Å². The van der Waals surface area contributed by atoms with Crippen molar-refractivity contribution in [3.8, 4) is 17.2 Å². The van der Waals surface area contributed by atoms with E-state index in [1.807, 2.05) is 42.5 Å². The molecule has 1 aliphatic heterocycles. The Bertz CT molecular complexity index is 1120. The predicted molar refractivity (Wildman–Crippen MR) is 127 cm³/mol. The maximum Gasteiger partial charge on any atom is 0.407 e. The number of likely N-dealkylation sites (tertiary alicyclic amines) is 1. The summed E-state index contributed by atoms with van der Waals surface area (Å²) in [5, 5.41) is 13.1. The molecule has 4 rings (SSSR count). The molecule has 33 heavy (non-hydrogen) atoms. The summed E-state index contributed by atoms with van der Waals surface area (Å²) in [6.45, 7) is 2.83. The summed E-state index contributed by atoms with van der Waals surface area (Å²) in [7, 11) is 1.36. The molecule has 8 heteroatoms. The zero-order valence-electron chi connectivity index (χ0n) is 18.8. The van der Waals surface area contributed by atoms with E-state index in [1.165, 1.54) is 7.11 Å². The van der Waals surface area contributed by atoms with Crippen molar-refractivity contribution < 1.29 is 14.3 Å². The van der Waals surface area contributed by atoms with Gasteiger partial charge < -0.3 is 15.8 Å². The minimum Gasteiger partial charge on any atom is -0.453 e. The van der Waals surface area contributed by atoms with E-state index < -0.39 is 18.0 Å². The molecule has 0 spiro atoms. The van der Waals surface area contributed by atoms with Crippen LogP contribution in [-0.4, -0.2) is 38.2 Å². The summed E-state index contributed by atoms with van der Waals surface area (Å²) >= 11 is 6.63. The van der Waals surface area contributed by atoms with E-state index in [0.717, 1.165) is 35.2 Å². The average molecular weight is 468 g/mol. The van der Waals surface area contributed by atoms with E-state index in [2.05, 4.69) is 18.3 Å². The lowest BCUT2D eigenvalue weighted by molar-refractivity contribution is -0.121. The minimum absolute atomic E-state index is 0.127. The van der Waals surface area contributed by atoms with Crippen LogP contribution in [0.5, 0.6) is 0 Å². The first-order chi connectivity index (χ1) is 15.7. The molecule has 1 unspecified atom stereocenters. The highest BCUT2D eigenvalue weighted by molar-refractivity contribution is 6.33. The minimum atomic E-state index is -0.492. The summed E-state index contributed by atoms with van der Waals surface area (Å²) in [6.07, 6.45) is 1.93. The van der Waals surface area contributed by atoms with Crippen molar-refractivity contribution in [2.24, 2.45) is 11.7 Å². The molecule has 172 valence electrons. The van der Waals surface area contributed by atoms with E-state index in [0.29, 0.717) is 18.0 Å². The molecule has 3 N–H and O–H groups in total. The maximum absolute atomic E-state index is 12.3. The number of nitrogens with zero attached hydrogens (tertiary/aromatic N) is 2. The van der Waals surface area contributed by atoms with Gasteiger partial charge >= 0.3 is 6.09 Å². The molecule has 1 saturated heterocycles. The number of nitrogens with one attached hydrogen (secondary N) is 1. The fourth-order valence-corrected chi connectivity index (χ4v) is 5.51. The summed E-state index contributed by atoms with van der Waals surface area (Å²) in [5.74, 6) is -0.167. The molecule has 1 aliphatic carbocycles. The quantitative estimate of drug-likeness (QED) is 0.493. The normalized spacial score (nSPS) is 25.2. The molecule has 0 bridgehead atoms. The largest absolute Gasteiger partial charge is 0.453 e. The molecule has 2 aromatic carbocycles. The number of hydrogen-bond acceptors (Lipinski definition) is 4. The highest BCUT2D eigenvalue weighted by atomic mass is 35.5. The Labute approximate surface area is 198 Å². The SMILES string of the molecule is COC(=O)NC1(c2ccc(-c3ccc(Cl)c([N+]4(CC#N)C[C@@H](C)C[C@H]4C(N)=O)c3)cc2)CC1. The second-order valence-electron chi connectivity index (χ2n) is 9.23. The Balaban J connectivity index is 1.70. The van der Waals surface area contributed by atoms with E-state index in [1.54, 1.807) is 0 Å². The van der Waals surface area contributed by atoms with Gasteiger partial charge in [-0.15, -0.1) is 0 Å². The van der Waals surface area contributed by atoms with Crippen molar-refractivity contribution in [3.05, 3.63) is 53.1 Å². The summed E-state index contributed by atoms with van der Waals surface area (Å²) < 4.78 is 4.91. The van der Waals surface area contributed by atoms with Crippen LogP contribution in [0.2, 0.25) is 5.02 Å². The van der Waals surface area contributed by atoms with Gasteiger partial charge in [-0.3, -0.25) is 9.28 Å². The van der Waals surface area contributed by atoms with Crippen LogP contribution in [0.25, 0.3) is 11.1 Å². The van der Waals surface area contributed by atoms with Gasteiger partial charge in [-0.2, -0.15) is 5.26 Å². The molecule has 1 saturated carbocycles. The van der Waals surface area contributed by atoms with Crippen LogP contribution >= 0.6 is 11.6 Å². The highest BCUT2D eigenvalue weighted by Crippen LogP contribution is 2.46. The fourth-order valence-electron chi connectivity index (χ4n) is 5.23. The Morgan fingerprint density at radius 1 is 1.24 bits per heavy atom. The number of nitriles is 1. The zero-order valence-corrected chi connectivity index (χ0v) is 19.6. The first-order valence-corrected chi connectivity index (χ1v) is 11.4. The number of methoxy groups -OCH3 is 1. The second-order valence-corrected chi connectivity index (χ2v) is 9.64.